The van der Waals surface area contributed by atoms with Crippen LogP contribution in [0.25, 0.3) is 0 Å². The fourth-order valence-electron chi connectivity index (χ4n) is 2.56. The molecule has 2 aromatic rings. The third kappa shape index (κ3) is 5.39. The van der Waals surface area contributed by atoms with Crippen molar-refractivity contribution in [1.29, 1.82) is 0 Å². The lowest BCUT2D eigenvalue weighted by molar-refractivity contribution is -0.143. The summed E-state index contributed by atoms with van der Waals surface area (Å²) in [7, 11) is 1.33. The summed E-state index contributed by atoms with van der Waals surface area (Å²) in [6.45, 7) is 5.81. The molecule has 25 heavy (non-hydrogen) atoms. The van der Waals surface area contributed by atoms with E-state index < -0.39 is 12.0 Å². The molecule has 1 unspecified atom stereocenters. The van der Waals surface area contributed by atoms with Gasteiger partial charge < -0.3 is 10.1 Å². The Hall–Kier alpha value is -2.21. The molecule has 0 aliphatic rings. The van der Waals surface area contributed by atoms with Gasteiger partial charge in [0.05, 0.1) is 17.8 Å². The van der Waals surface area contributed by atoms with Gasteiger partial charge in [0.15, 0.2) is 0 Å². The number of thiazole rings is 1. The van der Waals surface area contributed by atoms with E-state index in [9.17, 15) is 9.59 Å². The van der Waals surface area contributed by atoms with Crippen LogP contribution in [0.1, 0.15) is 46.2 Å². The number of ether oxygens (including phenoxy) is 1. The van der Waals surface area contributed by atoms with Gasteiger partial charge in [-0.2, -0.15) is 0 Å². The molecule has 6 heteroatoms. The Balaban J connectivity index is 2.11. The maximum Gasteiger partial charge on any atom is 0.328 e. The Bertz CT molecular complexity index is 726. The maximum absolute atomic E-state index is 12.6. The number of carbonyl (C=O) groups is 2. The predicted octanol–water partition coefficient (Wildman–Crippen LogP) is 3.36. The highest BCUT2D eigenvalue weighted by molar-refractivity contribution is 7.13. The van der Waals surface area contributed by atoms with Crippen molar-refractivity contribution < 1.29 is 14.3 Å². The van der Waals surface area contributed by atoms with Crippen molar-refractivity contribution in [2.24, 2.45) is 5.92 Å². The Morgan fingerprint density at radius 2 is 1.92 bits per heavy atom. The van der Waals surface area contributed by atoms with Crippen molar-refractivity contribution in [2.45, 2.75) is 39.7 Å². The van der Waals surface area contributed by atoms with Crippen LogP contribution in [0, 0.1) is 12.8 Å². The van der Waals surface area contributed by atoms with E-state index >= 15 is 0 Å². The predicted molar refractivity (Wildman–Crippen MR) is 98.8 cm³/mol. The van der Waals surface area contributed by atoms with Gasteiger partial charge in [0.2, 0.25) is 0 Å². The Morgan fingerprint density at radius 3 is 2.52 bits per heavy atom. The van der Waals surface area contributed by atoms with E-state index in [4.69, 9.17) is 4.74 Å². The first kappa shape index (κ1) is 19.1. The van der Waals surface area contributed by atoms with Crippen molar-refractivity contribution in [1.82, 2.24) is 10.3 Å². The summed E-state index contributed by atoms with van der Waals surface area (Å²) in [6.07, 6.45) is 1.22. The minimum atomic E-state index is -0.642. The lowest BCUT2D eigenvalue weighted by Crippen LogP contribution is -2.42. The smallest absolute Gasteiger partial charge is 0.328 e. The highest BCUT2D eigenvalue weighted by Crippen LogP contribution is 2.21. The topological polar surface area (TPSA) is 68.3 Å². The molecule has 134 valence electrons. The van der Waals surface area contributed by atoms with Crippen molar-refractivity contribution in [3.63, 3.8) is 0 Å². The molecule has 0 saturated carbocycles. The van der Waals surface area contributed by atoms with E-state index in [1.54, 1.807) is 0 Å². The number of rotatable bonds is 7. The molecule has 5 nitrogen and oxygen atoms in total. The second kappa shape index (κ2) is 8.76. The van der Waals surface area contributed by atoms with Crippen molar-refractivity contribution in [3.8, 4) is 0 Å². The zero-order chi connectivity index (χ0) is 18.4. The average molecular weight is 360 g/mol. The average Bonchev–Trinajstić information content (AvgIpc) is 2.94. The molecule has 0 spiro atoms. The third-order valence-corrected chi connectivity index (χ3v) is 4.90. The standard InChI is InChI=1S/C19H24N2O3S/c1-12(2)10-15(19(23)24-4)21-18(22)17-13(3)20-16(25-17)11-14-8-6-5-7-9-14/h5-9,12,15H,10-11H2,1-4H3,(H,21,22). The molecule has 1 N–H and O–H groups in total. The fraction of sp³-hybridized carbons (Fsp3) is 0.421. The molecule has 0 aliphatic carbocycles. The fourth-order valence-corrected chi connectivity index (χ4v) is 3.56. The molecular weight excluding hydrogens is 336 g/mol. The van der Waals surface area contributed by atoms with Gasteiger partial charge in [-0.3, -0.25) is 4.79 Å². The number of esters is 1. The Morgan fingerprint density at radius 1 is 1.24 bits per heavy atom. The molecule has 0 fully saturated rings. The zero-order valence-electron chi connectivity index (χ0n) is 15.0. The van der Waals surface area contributed by atoms with Gasteiger partial charge >= 0.3 is 5.97 Å². The van der Waals surface area contributed by atoms with E-state index in [1.165, 1.54) is 18.4 Å². The first-order chi connectivity index (χ1) is 11.9. The molecule has 1 atom stereocenters. The third-order valence-electron chi connectivity index (χ3n) is 3.74. The van der Waals surface area contributed by atoms with Crippen LogP contribution >= 0.6 is 11.3 Å². The number of aromatic nitrogens is 1. The number of hydrogen-bond acceptors (Lipinski definition) is 5. The van der Waals surface area contributed by atoms with Crippen LogP contribution in [0.5, 0.6) is 0 Å². The first-order valence-electron chi connectivity index (χ1n) is 8.29. The largest absolute Gasteiger partial charge is 0.467 e. The molecule has 1 aromatic heterocycles. The Labute approximate surface area is 152 Å². The van der Waals surface area contributed by atoms with E-state index in [0.29, 0.717) is 23.4 Å². The number of aryl methyl sites for hydroxylation is 1. The van der Waals surface area contributed by atoms with E-state index in [1.807, 2.05) is 51.1 Å². The molecular formula is C19H24N2O3S. The van der Waals surface area contributed by atoms with Crippen LogP contribution in [-0.2, 0) is 16.0 Å². The number of nitrogens with one attached hydrogen (secondary N) is 1. The first-order valence-corrected chi connectivity index (χ1v) is 9.11. The van der Waals surface area contributed by atoms with Crippen LogP contribution in [0.4, 0.5) is 0 Å². The maximum atomic E-state index is 12.6. The summed E-state index contributed by atoms with van der Waals surface area (Å²) < 4.78 is 4.80. The number of carbonyl (C=O) groups excluding carboxylic acids is 2. The van der Waals surface area contributed by atoms with Crippen molar-refractivity contribution >= 4 is 23.2 Å². The number of amides is 1. The molecule has 0 radical (unpaired) electrons. The molecule has 1 heterocycles. The zero-order valence-corrected chi connectivity index (χ0v) is 15.9. The van der Waals surface area contributed by atoms with Crippen LogP contribution in [0.15, 0.2) is 30.3 Å². The summed E-state index contributed by atoms with van der Waals surface area (Å²) in [5.41, 5.74) is 1.83. The number of methoxy groups -OCH3 is 1. The van der Waals surface area contributed by atoms with Gasteiger partial charge in [-0.1, -0.05) is 44.2 Å². The lowest BCUT2D eigenvalue weighted by Gasteiger charge is -2.17. The summed E-state index contributed by atoms with van der Waals surface area (Å²) in [6, 6.07) is 9.36. The quantitative estimate of drug-likeness (QED) is 0.769. The Kier molecular flexibility index (Phi) is 6.70. The van der Waals surface area contributed by atoms with Gasteiger partial charge in [0, 0.05) is 6.42 Å². The van der Waals surface area contributed by atoms with E-state index in [2.05, 4.69) is 10.3 Å². The summed E-state index contributed by atoms with van der Waals surface area (Å²) >= 11 is 1.37. The van der Waals surface area contributed by atoms with Gasteiger partial charge in [0.25, 0.3) is 5.91 Å². The SMILES string of the molecule is COC(=O)C(CC(C)C)NC(=O)c1sc(Cc2ccccc2)nc1C. The second-order valence-corrected chi connectivity index (χ2v) is 7.45. The number of benzene rings is 1. The number of hydrogen-bond donors (Lipinski definition) is 1. The van der Waals surface area contributed by atoms with Crippen LogP contribution < -0.4 is 5.32 Å². The highest BCUT2D eigenvalue weighted by Gasteiger charge is 2.25. The minimum absolute atomic E-state index is 0.264. The second-order valence-electron chi connectivity index (χ2n) is 6.36. The highest BCUT2D eigenvalue weighted by atomic mass is 32.1. The lowest BCUT2D eigenvalue weighted by atomic mass is 10.0. The summed E-state index contributed by atoms with van der Waals surface area (Å²) in [4.78, 5) is 29.5. The molecule has 1 amide bonds. The van der Waals surface area contributed by atoms with Crippen molar-refractivity contribution in [2.75, 3.05) is 7.11 Å². The minimum Gasteiger partial charge on any atom is -0.467 e. The summed E-state index contributed by atoms with van der Waals surface area (Å²) in [5.74, 6) is -0.431. The molecule has 0 bridgehead atoms. The van der Waals surface area contributed by atoms with Gasteiger partial charge in [-0.15, -0.1) is 11.3 Å². The summed E-state index contributed by atoms with van der Waals surface area (Å²) in [5, 5.41) is 3.67. The van der Waals surface area contributed by atoms with E-state index in [-0.39, 0.29) is 11.8 Å². The molecule has 0 aliphatic heterocycles. The van der Waals surface area contributed by atoms with Gasteiger partial charge in [-0.25, -0.2) is 9.78 Å². The molecule has 2 rings (SSSR count). The normalized spacial score (nSPS) is 12.0. The van der Waals surface area contributed by atoms with Crippen molar-refractivity contribution in [3.05, 3.63) is 51.5 Å². The van der Waals surface area contributed by atoms with Crippen LogP contribution in [-0.4, -0.2) is 30.0 Å². The van der Waals surface area contributed by atoms with Gasteiger partial charge in [0.1, 0.15) is 10.9 Å². The number of nitrogens with zero attached hydrogens (tertiary/aromatic N) is 1. The molecule has 1 aromatic carbocycles. The van der Waals surface area contributed by atoms with E-state index in [0.717, 1.165) is 10.6 Å². The molecule has 0 saturated heterocycles. The monoisotopic (exact) mass is 360 g/mol. The van der Waals surface area contributed by atoms with Gasteiger partial charge in [-0.05, 0) is 24.8 Å². The van der Waals surface area contributed by atoms with Crippen LogP contribution in [0.3, 0.4) is 0 Å². The van der Waals surface area contributed by atoms with Crippen LogP contribution in [0.2, 0.25) is 0 Å².